The minimum absolute atomic E-state index is 0.137. The fourth-order valence-corrected chi connectivity index (χ4v) is 2.05. The Hall–Kier alpha value is -1.65. The molecular formula is C14H16N2O2. The first-order valence-electron chi connectivity index (χ1n) is 6.22. The van der Waals surface area contributed by atoms with E-state index in [4.69, 9.17) is 9.47 Å². The Kier molecular flexibility index (Phi) is 3.39. The van der Waals surface area contributed by atoms with Crippen molar-refractivity contribution in [2.45, 2.75) is 6.10 Å². The maximum Gasteiger partial charge on any atom is 0.121 e. The number of fused-ring (bicyclic) bond motifs is 1. The summed E-state index contributed by atoms with van der Waals surface area (Å²) in [5, 5.41) is 4.41. The molecule has 1 aromatic carbocycles. The van der Waals surface area contributed by atoms with E-state index >= 15 is 0 Å². The van der Waals surface area contributed by atoms with Crippen LogP contribution < -0.4 is 10.1 Å². The first kappa shape index (κ1) is 11.4. The Morgan fingerprint density at radius 2 is 2.39 bits per heavy atom. The second kappa shape index (κ2) is 5.33. The quantitative estimate of drug-likeness (QED) is 0.890. The third-order valence-corrected chi connectivity index (χ3v) is 3.02. The standard InChI is InChI=1S/C14H16N2O2/c1-2-11-3-4-12(8-14(11)16-5-1)18-10-13-9-15-6-7-17-13/h1-5,8,13,15H,6-7,9-10H2. The number of benzene rings is 1. The number of nitrogens with zero attached hydrogens (tertiary/aromatic N) is 1. The molecule has 0 radical (unpaired) electrons. The Morgan fingerprint density at radius 1 is 1.39 bits per heavy atom. The van der Waals surface area contributed by atoms with Crippen molar-refractivity contribution in [1.82, 2.24) is 10.3 Å². The molecule has 0 amide bonds. The average Bonchev–Trinajstić information content (AvgIpc) is 2.46. The highest BCUT2D eigenvalue weighted by atomic mass is 16.5. The zero-order valence-corrected chi connectivity index (χ0v) is 10.1. The van der Waals surface area contributed by atoms with E-state index in [0.29, 0.717) is 6.61 Å². The molecule has 1 atom stereocenters. The number of ether oxygens (including phenoxy) is 2. The maximum atomic E-state index is 5.75. The van der Waals surface area contributed by atoms with Crippen molar-refractivity contribution in [1.29, 1.82) is 0 Å². The summed E-state index contributed by atoms with van der Waals surface area (Å²) >= 11 is 0. The summed E-state index contributed by atoms with van der Waals surface area (Å²) in [4.78, 5) is 4.31. The molecule has 0 bridgehead atoms. The molecule has 1 aliphatic rings. The van der Waals surface area contributed by atoms with E-state index in [-0.39, 0.29) is 6.10 Å². The summed E-state index contributed by atoms with van der Waals surface area (Å²) < 4.78 is 11.3. The zero-order chi connectivity index (χ0) is 12.2. The van der Waals surface area contributed by atoms with Crippen LogP contribution in [0.2, 0.25) is 0 Å². The lowest BCUT2D eigenvalue weighted by molar-refractivity contribution is 0.000220. The van der Waals surface area contributed by atoms with Crippen molar-refractivity contribution in [3.8, 4) is 5.75 Å². The first-order chi connectivity index (χ1) is 8.92. The van der Waals surface area contributed by atoms with Gasteiger partial charge in [0.05, 0.1) is 12.1 Å². The third-order valence-electron chi connectivity index (χ3n) is 3.02. The van der Waals surface area contributed by atoms with E-state index in [1.165, 1.54) is 0 Å². The van der Waals surface area contributed by atoms with Crippen LogP contribution in [0.5, 0.6) is 5.75 Å². The van der Waals surface area contributed by atoms with Crippen molar-refractivity contribution >= 4 is 10.9 Å². The van der Waals surface area contributed by atoms with Gasteiger partial charge in [-0.05, 0) is 18.2 Å². The van der Waals surface area contributed by atoms with E-state index in [1.54, 1.807) is 6.20 Å². The van der Waals surface area contributed by atoms with Gasteiger partial charge in [0.25, 0.3) is 0 Å². The van der Waals surface area contributed by atoms with Gasteiger partial charge >= 0.3 is 0 Å². The number of pyridine rings is 1. The number of morpholine rings is 1. The molecule has 4 nitrogen and oxygen atoms in total. The molecule has 18 heavy (non-hydrogen) atoms. The van der Waals surface area contributed by atoms with Crippen LogP contribution in [-0.4, -0.2) is 37.4 Å². The highest BCUT2D eigenvalue weighted by molar-refractivity contribution is 5.79. The fraction of sp³-hybridized carbons (Fsp3) is 0.357. The van der Waals surface area contributed by atoms with E-state index in [1.807, 2.05) is 30.3 Å². The largest absolute Gasteiger partial charge is 0.491 e. The van der Waals surface area contributed by atoms with Crippen LogP contribution >= 0.6 is 0 Å². The minimum Gasteiger partial charge on any atom is -0.491 e. The van der Waals surface area contributed by atoms with Crippen LogP contribution in [-0.2, 0) is 4.74 Å². The normalized spacial score (nSPS) is 19.9. The van der Waals surface area contributed by atoms with Gasteiger partial charge in [-0.15, -0.1) is 0 Å². The lowest BCUT2D eigenvalue weighted by atomic mass is 10.2. The van der Waals surface area contributed by atoms with Crippen LogP contribution in [0.25, 0.3) is 10.9 Å². The van der Waals surface area contributed by atoms with Crippen molar-refractivity contribution in [2.24, 2.45) is 0 Å². The topological polar surface area (TPSA) is 43.4 Å². The molecule has 0 aliphatic carbocycles. The van der Waals surface area contributed by atoms with E-state index < -0.39 is 0 Å². The second-order valence-electron chi connectivity index (χ2n) is 4.37. The van der Waals surface area contributed by atoms with Gasteiger partial charge in [0.1, 0.15) is 18.5 Å². The van der Waals surface area contributed by atoms with Crippen molar-refractivity contribution in [3.63, 3.8) is 0 Å². The smallest absolute Gasteiger partial charge is 0.121 e. The third kappa shape index (κ3) is 2.60. The summed E-state index contributed by atoms with van der Waals surface area (Å²) in [5.41, 5.74) is 0.956. The van der Waals surface area contributed by atoms with Crippen LogP contribution in [0.4, 0.5) is 0 Å². The number of hydrogen-bond donors (Lipinski definition) is 1. The predicted molar refractivity (Wildman–Crippen MR) is 69.8 cm³/mol. The molecule has 1 saturated heterocycles. The van der Waals surface area contributed by atoms with Crippen molar-refractivity contribution in [3.05, 3.63) is 36.5 Å². The Balaban J connectivity index is 1.66. The van der Waals surface area contributed by atoms with Gasteiger partial charge in [0.15, 0.2) is 0 Å². The molecule has 2 heterocycles. The predicted octanol–water partition coefficient (Wildman–Crippen LogP) is 1.60. The molecule has 1 fully saturated rings. The van der Waals surface area contributed by atoms with E-state index in [2.05, 4.69) is 10.3 Å². The SMILES string of the molecule is c1cnc2cc(OCC3CNCCO3)ccc2c1. The molecule has 3 rings (SSSR count). The second-order valence-corrected chi connectivity index (χ2v) is 4.37. The van der Waals surface area contributed by atoms with Gasteiger partial charge in [-0.1, -0.05) is 6.07 Å². The first-order valence-corrected chi connectivity index (χ1v) is 6.22. The fourth-order valence-electron chi connectivity index (χ4n) is 2.05. The van der Waals surface area contributed by atoms with Crippen LogP contribution in [0, 0.1) is 0 Å². The minimum atomic E-state index is 0.137. The molecule has 1 aliphatic heterocycles. The van der Waals surface area contributed by atoms with E-state index in [9.17, 15) is 0 Å². The summed E-state index contributed by atoms with van der Waals surface area (Å²) in [6.07, 6.45) is 1.93. The molecule has 1 unspecified atom stereocenters. The van der Waals surface area contributed by atoms with Gasteiger partial charge in [0.2, 0.25) is 0 Å². The van der Waals surface area contributed by atoms with Crippen molar-refractivity contribution < 1.29 is 9.47 Å². The van der Waals surface area contributed by atoms with E-state index in [0.717, 1.165) is 36.3 Å². The van der Waals surface area contributed by atoms with Gasteiger partial charge in [0, 0.05) is 30.7 Å². The van der Waals surface area contributed by atoms with Crippen molar-refractivity contribution in [2.75, 3.05) is 26.3 Å². The lowest BCUT2D eigenvalue weighted by Gasteiger charge is -2.23. The van der Waals surface area contributed by atoms with Crippen LogP contribution in [0.1, 0.15) is 0 Å². The van der Waals surface area contributed by atoms with Gasteiger partial charge < -0.3 is 14.8 Å². The molecule has 2 aromatic rings. The van der Waals surface area contributed by atoms with Crippen LogP contribution in [0.15, 0.2) is 36.5 Å². The molecular weight excluding hydrogens is 228 g/mol. The van der Waals surface area contributed by atoms with Gasteiger partial charge in [-0.25, -0.2) is 0 Å². The monoisotopic (exact) mass is 244 g/mol. The zero-order valence-electron chi connectivity index (χ0n) is 10.1. The van der Waals surface area contributed by atoms with Gasteiger partial charge in [-0.2, -0.15) is 0 Å². The Bertz CT molecular complexity index is 524. The summed E-state index contributed by atoms with van der Waals surface area (Å²) in [5.74, 6) is 0.843. The number of rotatable bonds is 3. The van der Waals surface area contributed by atoms with Gasteiger partial charge in [-0.3, -0.25) is 4.98 Å². The number of aromatic nitrogens is 1. The summed E-state index contributed by atoms with van der Waals surface area (Å²) in [6.45, 7) is 3.11. The number of nitrogens with one attached hydrogen (secondary N) is 1. The highest BCUT2D eigenvalue weighted by Gasteiger charge is 2.13. The highest BCUT2D eigenvalue weighted by Crippen LogP contribution is 2.19. The molecule has 0 spiro atoms. The molecule has 4 heteroatoms. The molecule has 1 aromatic heterocycles. The molecule has 94 valence electrons. The Labute approximate surface area is 106 Å². The maximum absolute atomic E-state index is 5.75. The molecule has 1 N–H and O–H groups in total. The number of hydrogen-bond acceptors (Lipinski definition) is 4. The summed E-state index contributed by atoms with van der Waals surface area (Å²) in [6, 6.07) is 9.94. The van der Waals surface area contributed by atoms with Crippen LogP contribution in [0.3, 0.4) is 0 Å². The average molecular weight is 244 g/mol. The Morgan fingerprint density at radius 3 is 3.28 bits per heavy atom. The summed E-state index contributed by atoms with van der Waals surface area (Å²) in [7, 11) is 0. The lowest BCUT2D eigenvalue weighted by Crippen LogP contribution is -2.41. The molecule has 0 saturated carbocycles.